The molecule has 1 aliphatic rings. The molecular formula is C12H10N4O3. The van der Waals surface area contributed by atoms with Crippen molar-refractivity contribution in [2.75, 3.05) is 5.32 Å². The molecule has 1 aliphatic heterocycles. The van der Waals surface area contributed by atoms with Gasteiger partial charge >= 0.3 is 5.97 Å². The Morgan fingerprint density at radius 1 is 1.37 bits per heavy atom. The van der Waals surface area contributed by atoms with E-state index in [0.29, 0.717) is 11.5 Å². The fourth-order valence-electron chi connectivity index (χ4n) is 2.02. The highest BCUT2D eigenvalue weighted by molar-refractivity contribution is 5.90. The first-order chi connectivity index (χ1) is 9.16. The van der Waals surface area contributed by atoms with Crippen LogP contribution in [-0.4, -0.2) is 30.9 Å². The molecule has 0 radical (unpaired) electrons. The largest absolute Gasteiger partial charge is 0.508 e. The maximum atomic E-state index is 11.1. The third-order valence-corrected chi connectivity index (χ3v) is 2.89. The molecule has 0 saturated heterocycles. The number of rotatable bonds is 2. The second kappa shape index (κ2) is 4.13. The van der Waals surface area contributed by atoms with Gasteiger partial charge in [0.1, 0.15) is 23.8 Å². The van der Waals surface area contributed by atoms with Crippen LogP contribution in [-0.2, 0) is 4.79 Å². The Labute approximate surface area is 107 Å². The second-order valence-electron chi connectivity index (χ2n) is 4.04. The van der Waals surface area contributed by atoms with E-state index in [1.165, 1.54) is 17.1 Å². The van der Waals surface area contributed by atoms with Crippen molar-refractivity contribution in [1.82, 2.24) is 14.8 Å². The van der Waals surface area contributed by atoms with E-state index in [0.717, 1.165) is 0 Å². The predicted molar refractivity (Wildman–Crippen MR) is 65.6 cm³/mol. The number of nitrogens with zero attached hydrogens (tertiary/aromatic N) is 3. The minimum Gasteiger partial charge on any atom is -0.508 e. The van der Waals surface area contributed by atoms with Crippen molar-refractivity contribution >= 4 is 11.9 Å². The molecule has 0 unspecified atom stereocenters. The molecule has 0 spiro atoms. The summed E-state index contributed by atoms with van der Waals surface area (Å²) in [5.41, 5.74) is 0.572. The number of hydrogen-bond donors (Lipinski definition) is 3. The number of benzene rings is 1. The molecule has 0 fully saturated rings. The second-order valence-corrected chi connectivity index (χ2v) is 4.04. The number of phenols is 1. The lowest BCUT2D eigenvalue weighted by Gasteiger charge is -2.22. The lowest BCUT2D eigenvalue weighted by atomic mass is 10.0. The van der Waals surface area contributed by atoms with Crippen molar-refractivity contribution < 1.29 is 15.0 Å². The van der Waals surface area contributed by atoms with Crippen molar-refractivity contribution in [2.24, 2.45) is 0 Å². The molecular weight excluding hydrogens is 248 g/mol. The Morgan fingerprint density at radius 3 is 2.89 bits per heavy atom. The van der Waals surface area contributed by atoms with E-state index >= 15 is 0 Å². The zero-order valence-corrected chi connectivity index (χ0v) is 9.69. The molecule has 1 aromatic heterocycles. The van der Waals surface area contributed by atoms with Crippen LogP contribution in [0.2, 0.25) is 0 Å². The Hall–Kier alpha value is -2.83. The number of aliphatic carboxylic acids is 1. The van der Waals surface area contributed by atoms with E-state index < -0.39 is 12.0 Å². The Kier molecular flexibility index (Phi) is 2.45. The van der Waals surface area contributed by atoms with E-state index in [4.69, 9.17) is 5.11 Å². The first-order valence-corrected chi connectivity index (χ1v) is 5.56. The molecule has 3 rings (SSSR count). The van der Waals surface area contributed by atoms with E-state index in [1.54, 1.807) is 24.3 Å². The van der Waals surface area contributed by atoms with Crippen molar-refractivity contribution in [3.63, 3.8) is 0 Å². The van der Waals surface area contributed by atoms with E-state index in [1.807, 2.05) is 0 Å². The number of carboxylic acids is 1. The molecule has 0 saturated carbocycles. The summed E-state index contributed by atoms with van der Waals surface area (Å²) in [6.07, 6.45) is 2.81. The summed E-state index contributed by atoms with van der Waals surface area (Å²) in [6.45, 7) is 0. The van der Waals surface area contributed by atoms with Crippen LogP contribution in [0.4, 0.5) is 5.95 Å². The summed E-state index contributed by atoms with van der Waals surface area (Å²) < 4.78 is 1.52. The molecule has 7 nitrogen and oxygen atoms in total. The minimum absolute atomic E-state index is 0.00810. The summed E-state index contributed by atoms with van der Waals surface area (Å²) in [5.74, 6) is -0.681. The fraction of sp³-hybridized carbons (Fsp3) is 0.0833. The van der Waals surface area contributed by atoms with Gasteiger partial charge in [0.2, 0.25) is 5.95 Å². The van der Waals surface area contributed by atoms with Crippen LogP contribution >= 0.6 is 0 Å². The standard InChI is InChI=1S/C12H10N4O3/c17-10-4-2-1-3-7(10)9-5-8(11(18)19)15-12-13-6-14-16(9)12/h1-6,9,17H,(H,18,19)(H,13,14,15)/t9-/m0/s1. The van der Waals surface area contributed by atoms with Crippen LogP contribution in [0.25, 0.3) is 0 Å². The maximum absolute atomic E-state index is 11.1. The number of hydrogen-bond acceptors (Lipinski definition) is 5. The zero-order valence-electron chi connectivity index (χ0n) is 9.69. The summed E-state index contributed by atoms with van der Waals surface area (Å²) in [6, 6.07) is 6.21. The zero-order chi connectivity index (χ0) is 13.4. The number of fused-ring (bicyclic) bond motifs is 1. The molecule has 2 heterocycles. The van der Waals surface area contributed by atoms with Gasteiger partial charge in [0.05, 0.1) is 0 Å². The fourth-order valence-corrected chi connectivity index (χ4v) is 2.02. The number of para-hydroxylation sites is 1. The Morgan fingerprint density at radius 2 is 2.16 bits per heavy atom. The quantitative estimate of drug-likeness (QED) is 0.742. The highest BCUT2D eigenvalue weighted by atomic mass is 16.4. The molecule has 96 valence electrons. The lowest BCUT2D eigenvalue weighted by Crippen LogP contribution is -2.24. The van der Waals surface area contributed by atoms with Gasteiger partial charge in [-0.15, -0.1) is 0 Å². The highest BCUT2D eigenvalue weighted by Gasteiger charge is 2.26. The molecule has 2 aromatic rings. The Bertz CT molecular complexity index is 677. The molecule has 3 N–H and O–H groups in total. The van der Waals surface area contributed by atoms with E-state index in [2.05, 4.69) is 15.4 Å². The van der Waals surface area contributed by atoms with Gasteiger partial charge in [-0.1, -0.05) is 18.2 Å². The molecule has 0 amide bonds. The third kappa shape index (κ3) is 1.81. The first-order valence-electron chi connectivity index (χ1n) is 5.56. The van der Waals surface area contributed by atoms with Gasteiger partial charge in [-0.05, 0) is 12.1 Å². The number of anilines is 1. The van der Waals surface area contributed by atoms with Gasteiger partial charge < -0.3 is 15.5 Å². The monoisotopic (exact) mass is 258 g/mol. The Balaban J connectivity index is 2.15. The minimum atomic E-state index is -1.09. The van der Waals surface area contributed by atoms with Crippen LogP contribution in [0, 0.1) is 0 Å². The molecule has 7 heteroatoms. The number of carboxylic acid groups (broad SMARTS) is 1. The molecule has 1 aromatic carbocycles. The average molecular weight is 258 g/mol. The molecule has 0 aliphatic carbocycles. The van der Waals surface area contributed by atoms with Gasteiger partial charge in [0.25, 0.3) is 0 Å². The molecule has 19 heavy (non-hydrogen) atoms. The van der Waals surface area contributed by atoms with Gasteiger partial charge in [0, 0.05) is 5.56 Å². The van der Waals surface area contributed by atoms with Gasteiger partial charge in [-0.3, -0.25) is 0 Å². The third-order valence-electron chi connectivity index (χ3n) is 2.89. The summed E-state index contributed by atoms with van der Waals surface area (Å²) in [4.78, 5) is 15.0. The SMILES string of the molecule is O=C(O)C1=C[C@@H](c2ccccc2O)n2ncnc2N1. The predicted octanol–water partition coefficient (Wildman–Crippen LogP) is 0.967. The van der Waals surface area contributed by atoms with Crippen molar-refractivity contribution in [1.29, 1.82) is 0 Å². The van der Waals surface area contributed by atoms with E-state index in [-0.39, 0.29) is 11.4 Å². The smallest absolute Gasteiger partial charge is 0.352 e. The van der Waals surface area contributed by atoms with Crippen LogP contribution in [0.1, 0.15) is 11.6 Å². The summed E-state index contributed by atoms with van der Waals surface area (Å²) in [5, 5.41) is 25.7. The van der Waals surface area contributed by atoms with Crippen LogP contribution in [0.3, 0.4) is 0 Å². The van der Waals surface area contributed by atoms with Crippen molar-refractivity contribution in [2.45, 2.75) is 6.04 Å². The number of carbonyl (C=O) groups is 1. The van der Waals surface area contributed by atoms with Crippen LogP contribution in [0.5, 0.6) is 5.75 Å². The number of phenolic OH excluding ortho intramolecular Hbond substituents is 1. The van der Waals surface area contributed by atoms with Gasteiger partial charge in [-0.2, -0.15) is 10.1 Å². The molecule has 1 atom stereocenters. The summed E-state index contributed by atoms with van der Waals surface area (Å²) in [7, 11) is 0. The highest BCUT2D eigenvalue weighted by Crippen LogP contribution is 2.32. The number of aromatic nitrogens is 3. The van der Waals surface area contributed by atoms with E-state index in [9.17, 15) is 9.90 Å². The summed E-state index contributed by atoms with van der Waals surface area (Å²) >= 11 is 0. The maximum Gasteiger partial charge on any atom is 0.352 e. The number of allylic oxidation sites excluding steroid dienone is 1. The first kappa shape index (κ1) is 11.3. The van der Waals surface area contributed by atoms with Crippen LogP contribution in [0.15, 0.2) is 42.4 Å². The van der Waals surface area contributed by atoms with Crippen molar-refractivity contribution in [3.8, 4) is 5.75 Å². The molecule has 0 bridgehead atoms. The van der Waals surface area contributed by atoms with Gasteiger partial charge in [-0.25, -0.2) is 9.48 Å². The van der Waals surface area contributed by atoms with Crippen molar-refractivity contribution in [3.05, 3.63) is 47.9 Å². The lowest BCUT2D eigenvalue weighted by molar-refractivity contribution is -0.132. The normalized spacial score (nSPS) is 17.3. The number of nitrogens with one attached hydrogen (secondary N) is 1. The van der Waals surface area contributed by atoms with Gasteiger partial charge in [0.15, 0.2) is 0 Å². The van der Waals surface area contributed by atoms with Crippen LogP contribution < -0.4 is 5.32 Å². The average Bonchev–Trinajstić information content (AvgIpc) is 2.86. The number of aromatic hydroxyl groups is 1. The topological polar surface area (TPSA) is 100 Å².